The Labute approximate surface area is 191 Å². The molecule has 0 aromatic heterocycles. The van der Waals surface area contributed by atoms with Crippen LogP contribution in [0.25, 0.3) is 0 Å². The minimum atomic E-state index is -0.0672. The highest BCUT2D eigenvalue weighted by Crippen LogP contribution is 2.20. The van der Waals surface area contributed by atoms with Crippen LogP contribution in [0.4, 0.5) is 5.69 Å². The molecule has 4 nitrogen and oxygen atoms in total. The Balaban J connectivity index is 1.44. The van der Waals surface area contributed by atoms with Crippen molar-refractivity contribution in [2.45, 2.75) is 32.9 Å². The Hall–Kier alpha value is -2.95. The van der Waals surface area contributed by atoms with E-state index < -0.39 is 0 Å². The van der Waals surface area contributed by atoms with Crippen LogP contribution in [-0.4, -0.2) is 38.1 Å². The summed E-state index contributed by atoms with van der Waals surface area (Å²) in [4.78, 5) is 16.0. The number of piperazine rings is 1. The van der Waals surface area contributed by atoms with Crippen molar-refractivity contribution in [2.75, 3.05) is 31.5 Å². The number of amides is 1. The number of benzene rings is 3. The molecule has 3 N–H and O–H groups in total. The highest BCUT2D eigenvalue weighted by atomic mass is 16.2. The number of aryl methyl sites for hydroxylation is 2. The molecule has 4 heteroatoms. The molecule has 1 amide bonds. The van der Waals surface area contributed by atoms with Crippen molar-refractivity contribution in [1.82, 2.24) is 0 Å². The SMILES string of the molecule is Cc1cccc(C)c1NC(=O)[C@H](C)[NH+]1CC[NH+](C(c2ccccc2)c2ccccc2)CC1. The van der Waals surface area contributed by atoms with E-state index in [0.717, 1.165) is 43.0 Å². The van der Waals surface area contributed by atoms with Crippen molar-refractivity contribution in [1.29, 1.82) is 0 Å². The lowest BCUT2D eigenvalue weighted by Crippen LogP contribution is -3.30. The molecule has 1 heterocycles. The van der Waals surface area contributed by atoms with E-state index in [2.05, 4.69) is 98.9 Å². The van der Waals surface area contributed by atoms with Crippen LogP contribution in [0.1, 0.15) is 35.2 Å². The topological polar surface area (TPSA) is 38.0 Å². The van der Waals surface area contributed by atoms with Gasteiger partial charge in [0.1, 0.15) is 32.2 Å². The van der Waals surface area contributed by atoms with Crippen LogP contribution in [-0.2, 0) is 4.79 Å². The van der Waals surface area contributed by atoms with Gasteiger partial charge in [-0.15, -0.1) is 0 Å². The summed E-state index contributed by atoms with van der Waals surface area (Å²) < 4.78 is 0. The van der Waals surface area contributed by atoms with E-state index in [-0.39, 0.29) is 11.9 Å². The van der Waals surface area contributed by atoms with E-state index in [1.807, 2.05) is 6.07 Å². The maximum absolute atomic E-state index is 13.0. The fourth-order valence-electron chi connectivity index (χ4n) is 5.00. The summed E-state index contributed by atoms with van der Waals surface area (Å²) in [6.45, 7) is 10.2. The van der Waals surface area contributed by atoms with Crippen molar-refractivity contribution in [2.24, 2.45) is 0 Å². The summed E-state index contributed by atoms with van der Waals surface area (Å²) in [6.07, 6.45) is 0. The molecule has 1 fully saturated rings. The lowest BCUT2D eigenvalue weighted by atomic mass is 9.96. The lowest BCUT2D eigenvalue weighted by Gasteiger charge is -2.36. The van der Waals surface area contributed by atoms with E-state index in [9.17, 15) is 4.79 Å². The van der Waals surface area contributed by atoms with E-state index in [1.165, 1.54) is 16.0 Å². The largest absolute Gasteiger partial charge is 0.320 e. The molecule has 32 heavy (non-hydrogen) atoms. The predicted octanol–water partition coefficient (Wildman–Crippen LogP) is 2.20. The second kappa shape index (κ2) is 10.1. The van der Waals surface area contributed by atoms with Gasteiger partial charge in [0, 0.05) is 16.8 Å². The van der Waals surface area contributed by atoms with Gasteiger partial charge < -0.3 is 15.1 Å². The van der Waals surface area contributed by atoms with Crippen LogP contribution >= 0.6 is 0 Å². The zero-order chi connectivity index (χ0) is 22.5. The molecular formula is C28H35N3O+2. The van der Waals surface area contributed by atoms with Gasteiger partial charge in [-0.3, -0.25) is 4.79 Å². The molecule has 0 bridgehead atoms. The molecule has 166 valence electrons. The fraction of sp³-hybridized carbons (Fsp3) is 0.321. The first-order valence-electron chi connectivity index (χ1n) is 11.7. The van der Waals surface area contributed by atoms with Gasteiger partial charge in [0.25, 0.3) is 5.91 Å². The number of rotatable bonds is 6. The maximum atomic E-state index is 13.0. The summed E-state index contributed by atoms with van der Waals surface area (Å²) in [7, 11) is 0. The molecule has 3 aromatic carbocycles. The molecule has 1 aliphatic heterocycles. The number of quaternary nitrogens is 2. The standard InChI is InChI=1S/C28H33N3O/c1-21-11-10-12-22(2)26(21)29-28(32)23(3)30-17-19-31(20-18-30)27(24-13-6-4-7-14-24)25-15-8-5-9-16-25/h4-16,23,27H,17-20H2,1-3H3,(H,29,32)/p+2/t23-/m0/s1. The van der Waals surface area contributed by atoms with Gasteiger partial charge in [-0.2, -0.15) is 0 Å². The summed E-state index contributed by atoms with van der Waals surface area (Å²) in [5.74, 6) is 0.114. The Morgan fingerprint density at radius 1 is 0.719 bits per heavy atom. The van der Waals surface area contributed by atoms with Crippen molar-refractivity contribution >= 4 is 11.6 Å². The molecular weight excluding hydrogens is 394 g/mol. The smallest absolute Gasteiger partial charge is 0.282 e. The van der Waals surface area contributed by atoms with Crippen LogP contribution in [0.3, 0.4) is 0 Å². The maximum Gasteiger partial charge on any atom is 0.282 e. The third-order valence-corrected chi connectivity index (χ3v) is 6.94. The van der Waals surface area contributed by atoms with Crippen molar-refractivity contribution in [3.63, 3.8) is 0 Å². The normalized spacial score (nSPS) is 19.5. The van der Waals surface area contributed by atoms with Crippen LogP contribution in [0, 0.1) is 13.8 Å². The Kier molecular flexibility index (Phi) is 7.03. The van der Waals surface area contributed by atoms with Crippen LogP contribution in [0.5, 0.6) is 0 Å². The highest BCUT2D eigenvalue weighted by molar-refractivity contribution is 5.95. The number of hydrogen-bond acceptors (Lipinski definition) is 1. The molecule has 0 unspecified atom stereocenters. The third kappa shape index (κ3) is 4.93. The number of carbonyl (C=O) groups excluding carboxylic acids is 1. The van der Waals surface area contributed by atoms with Crippen molar-refractivity contribution < 1.29 is 14.6 Å². The number of para-hydroxylation sites is 1. The van der Waals surface area contributed by atoms with E-state index in [1.54, 1.807) is 4.90 Å². The minimum Gasteiger partial charge on any atom is -0.320 e. The van der Waals surface area contributed by atoms with E-state index in [4.69, 9.17) is 0 Å². The van der Waals surface area contributed by atoms with Crippen molar-refractivity contribution in [3.8, 4) is 0 Å². The first kappa shape index (κ1) is 22.3. The van der Waals surface area contributed by atoms with Gasteiger partial charge >= 0.3 is 0 Å². The summed E-state index contributed by atoms with van der Waals surface area (Å²) in [5, 5.41) is 3.19. The molecule has 1 atom stereocenters. The summed E-state index contributed by atoms with van der Waals surface area (Å²) >= 11 is 0. The first-order valence-corrected chi connectivity index (χ1v) is 11.7. The number of hydrogen-bond donors (Lipinski definition) is 3. The lowest BCUT2D eigenvalue weighted by molar-refractivity contribution is -1.03. The molecule has 0 spiro atoms. The van der Waals surface area contributed by atoms with Crippen LogP contribution < -0.4 is 15.1 Å². The summed E-state index contributed by atoms with van der Waals surface area (Å²) in [6, 6.07) is 28.1. The monoisotopic (exact) mass is 429 g/mol. The quantitative estimate of drug-likeness (QED) is 0.552. The van der Waals surface area contributed by atoms with E-state index >= 15 is 0 Å². The van der Waals surface area contributed by atoms with Gasteiger partial charge in [-0.25, -0.2) is 0 Å². The predicted molar refractivity (Wildman–Crippen MR) is 130 cm³/mol. The fourth-order valence-corrected chi connectivity index (χ4v) is 5.00. The molecule has 4 rings (SSSR count). The van der Waals surface area contributed by atoms with Gasteiger partial charge in [-0.05, 0) is 31.9 Å². The third-order valence-electron chi connectivity index (χ3n) is 6.94. The zero-order valence-corrected chi connectivity index (χ0v) is 19.4. The second-order valence-electron chi connectivity index (χ2n) is 9.05. The Bertz CT molecular complexity index is 967. The average Bonchev–Trinajstić information content (AvgIpc) is 2.83. The second-order valence-corrected chi connectivity index (χ2v) is 9.05. The molecule has 0 radical (unpaired) electrons. The van der Waals surface area contributed by atoms with Gasteiger partial charge in [0.2, 0.25) is 0 Å². The molecule has 3 aromatic rings. The van der Waals surface area contributed by atoms with Crippen LogP contribution in [0.2, 0.25) is 0 Å². The number of carbonyl (C=O) groups is 1. The number of nitrogens with one attached hydrogen (secondary N) is 3. The summed E-state index contributed by atoms with van der Waals surface area (Å²) in [5.41, 5.74) is 5.91. The molecule has 0 saturated carbocycles. The molecule has 1 saturated heterocycles. The average molecular weight is 430 g/mol. The Morgan fingerprint density at radius 3 is 1.69 bits per heavy atom. The highest BCUT2D eigenvalue weighted by Gasteiger charge is 2.35. The first-order chi connectivity index (χ1) is 15.5. The van der Waals surface area contributed by atoms with Crippen LogP contribution in [0.15, 0.2) is 78.9 Å². The van der Waals surface area contributed by atoms with Gasteiger partial charge in [0.05, 0.1) is 0 Å². The molecule has 1 aliphatic rings. The number of anilines is 1. The van der Waals surface area contributed by atoms with Crippen molar-refractivity contribution in [3.05, 3.63) is 101 Å². The zero-order valence-electron chi connectivity index (χ0n) is 19.4. The minimum absolute atomic E-state index is 0.0672. The Morgan fingerprint density at radius 2 is 1.19 bits per heavy atom. The van der Waals surface area contributed by atoms with E-state index in [0.29, 0.717) is 6.04 Å². The van der Waals surface area contributed by atoms with Gasteiger partial charge in [0.15, 0.2) is 6.04 Å². The molecule has 0 aliphatic carbocycles. The van der Waals surface area contributed by atoms with Gasteiger partial charge in [-0.1, -0.05) is 78.9 Å².